The van der Waals surface area contributed by atoms with Crippen LogP contribution < -0.4 is 15.2 Å². The van der Waals surface area contributed by atoms with Gasteiger partial charge in [-0.1, -0.05) is 41.9 Å². The quantitative estimate of drug-likeness (QED) is 0.719. The highest BCUT2D eigenvalue weighted by atomic mass is 35.5. The normalized spacial score (nSPS) is 22.8. The van der Waals surface area contributed by atoms with E-state index in [0.29, 0.717) is 16.4 Å². The summed E-state index contributed by atoms with van der Waals surface area (Å²) in [6, 6.07) is 12.8. The number of hydrazone groups is 1. The highest BCUT2D eigenvalue weighted by molar-refractivity contribution is 6.31. The van der Waals surface area contributed by atoms with Gasteiger partial charge in [0.25, 0.3) is 5.91 Å². The average Bonchev–Trinajstić information content (AvgIpc) is 2.99. The second-order valence-corrected chi connectivity index (χ2v) is 7.68. The summed E-state index contributed by atoms with van der Waals surface area (Å²) in [6.45, 7) is 3.51. The molecule has 2 unspecified atom stereocenters. The van der Waals surface area contributed by atoms with Gasteiger partial charge in [-0.05, 0) is 43.7 Å². The molecule has 4 rings (SSSR count). The summed E-state index contributed by atoms with van der Waals surface area (Å²) in [4.78, 5) is 39.4. The largest absolute Gasteiger partial charge is 0.372 e. The first-order chi connectivity index (χ1) is 14.8. The fourth-order valence-electron chi connectivity index (χ4n) is 3.54. The maximum absolute atomic E-state index is 13.1. The van der Waals surface area contributed by atoms with E-state index in [1.54, 1.807) is 37.3 Å². The van der Waals surface area contributed by atoms with E-state index in [1.165, 1.54) is 17.2 Å². The topological polar surface area (TPSA) is 102 Å². The predicted molar refractivity (Wildman–Crippen MR) is 117 cm³/mol. The molecule has 0 bridgehead atoms. The van der Waals surface area contributed by atoms with Crippen molar-refractivity contribution in [2.24, 2.45) is 11.0 Å². The summed E-state index contributed by atoms with van der Waals surface area (Å²) < 4.78 is 0. The maximum Gasteiger partial charge on any atom is 0.330 e. The Morgan fingerprint density at radius 1 is 1.10 bits per heavy atom. The van der Waals surface area contributed by atoms with E-state index in [9.17, 15) is 19.5 Å². The van der Waals surface area contributed by atoms with Crippen molar-refractivity contribution in [2.45, 2.75) is 20.1 Å². The van der Waals surface area contributed by atoms with Crippen molar-refractivity contribution in [2.75, 3.05) is 9.91 Å². The number of nitrogens with one attached hydrogen (secondary N) is 1. The van der Waals surface area contributed by atoms with E-state index in [4.69, 9.17) is 11.6 Å². The van der Waals surface area contributed by atoms with Crippen LogP contribution in [0.15, 0.2) is 65.3 Å². The first-order valence-corrected chi connectivity index (χ1v) is 9.91. The Hall–Kier alpha value is -3.49. The number of para-hydroxylation sites is 1. The number of imide groups is 1. The number of hydrogen-bond donors (Lipinski definition) is 2. The number of aliphatic hydroxyl groups excluding tert-OH is 1. The Bertz CT molecular complexity index is 1160. The number of rotatable bonds is 3. The monoisotopic (exact) mass is 438 g/mol. The zero-order valence-electron chi connectivity index (χ0n) is 16.7. The molecule has 2 aromatic rings. The number of benzene rings is 2. The molecule has 2 atom stereocenters. The third-order valence-electron chi connectivity index (χ3n) is 5.14. The van der Waals surface area contributed by atoms with Crippen LogP contribution in [0.4, 0.5) is 16.2 Å². The Balaban J connectivity index is 1.68. The standard InChI is InChI=1S/C22H19ClN4O4/c1-12-6-3-4-9-18(12)27-21(30)16(13(2)25-27)11-17-19(28)24-22(31)26(20(17)29)15-8-5-7-14(23)10-15/h3-11,17,19,28H,1-2H3,(H,24,31)/b16-11-. The van der Waals surface area contributed by atoms with Gasteiger partial charge < -0.3 is 10.4 Å². The van der Waals surface area contributed by atoms with Crippen molar-refractivity contribution in [3.63, 3.8) is 0 Å². The minimum absolute atomic E-state index is 0.183. The molecule has 1 fully saturated rings. The molecule has 9 heteroatoms. The van der Waals surface area contributed by atoms with Crippen LogP contribution >= 0.6 is 11.6 Å². The zero-order valence-corrected chi connectivity index (χ0v) is 17.5. The molecule has 2 N–H and O–H groups in total. The summed E-state index contributed by atoms with van der Waals surface area (Å²) >= 11 is 5.99. The number of carbonyl (C=O) groups is 3. The molecule has 31 heavy (non-hydrogen) atoms. The second-order valence-electron chi connectivity index (χ2n) is 7.24. The van der Waals surface area contributed by atoms with Gasteiger partial charge in [-0.15, -0.1) is 0 Å². The minimum Gasteiger partial charge on any atom is -0.372 e. The van der Waals surface area contributed by atoms with Crippen molar-refractivity contribution in [1.29, 1.82) is 0 Å². The Labute approximate surface area is 183 Å². The molecule has 2 aliphatic rings. The van der Waals surface area contributed by atoms with Gasteiger partial charge in [-0.3, -0.25) is 9.59 Å². The number of halogens is 1. The van der Waals surface area contributed by atoms with Crippen molar-refractivity contribution >= 4 is 46.5 Å². The smallest absolute Gasteiger partial charge is 0.330 e. The van der Waals surface area contributed by atoms with Crippen LogP contribution in [0.2, 0.25) is 5.02 Å². The number of anilines is 2. The molecule has 158 valence electrons. The van der Waals surface area contributed by atoms with Gasteiger partial charge in [0.1, 0.15) is 12.1 Å². The first-order valence-electron chi connectivity index (χ1n) is 9.53. The van der Waals surface area contributed by atoms with Crippen molar-refractivity contribution < 1.29 is 19.5 Å². The van der Waals surface area contributed by atoms with Gasteiger partial charge in [0, 0.05) is 5.02 Å². The van der Waals surface area contributed by atoms with E-state index < -0.39 is 30.0 Å². The third kappa shape index (κ3) is 3.71. The van der Waals surface area contributed by atoms with Gasteiger partial charge in [0.2, 0.25) is 5.91 Å². The molecular formula is C22H19ClN4O4. The lowest BCUT2D eigenvalue weighted by Gasteiger charge is -2.33. The van der Waals surface area contributed by atoms with Crippen LogP contribution in [-0.2, 0) is 9.59 Å². The number of hydrogen-bond acceptors (Lipinski definition) is 5. The summed E-state index contributed by atoms with van der Waals surface area (Å²) in [5.41, 5.74) is 2.33. The highest BCUT2D eigenvalue weighted by Crippen LogP contribution is 2.30. The fraction of sp³-hybridized carbons (Fsp3) is 0.182. The molecule has 0 aliphatic carbocycles. The number of nitrogens with zero attached hydrogens (tertiary/aromatic N) is 3. The fourth-order valence-corrected chi connectivity index (χ4v) is 3.73. The van der Waals surface area contributed by atoms with Crippen molar-refractivity contribution in [1.82, 2.24) is 5.32 Å². The molecule has 1 saturated heterocycles. The van der Waals surface area contributed by atoms with Gasteiger partial charge >= 0.3 is 6.03 Å². The molecule has 0 spiro atoms. The number of aryl methyl sites for hydroxylation is 1. The summed E-state index contributed by atoms with van der Waals surface area (Å²) in [6.07, 6.45) is -0.139. The number of aliphatic hydroxyl groups is 1. The van der Waals surface area contributed by atoms with Crippen molar-refractivity contribution in [3.8, 4) is 0 Å². The van der Waals surface area contributed by atoms with E-state index in [2.05, 4.69) is 10.4 Å². The van der Waals surface area contributed by atoms with Crippen molar-refractivity contribution in [3.05, 3.63) is 70.8 Å². The molecular weight excluding hydrogens is 420 g/mol. The summed E-state index contributed by atoms with van der Waals surface area (Å²) in [5.74, 6) is -2.28. The average molecular weight is 439 g/mol. The summed E-state index contributed by atoms with van der Waals surface area (Å²) in [5, 5.41) is 18.7. The summed E-state index contributed by atoms with van der Waals surface area (Å²) in [7, 11) is 0. The lowest BCUT2D eigenvalue weighted by molar-refractivity contribution is -0.124. The lowest BCUT2D eigenvalue weighted by Crippen LogP contribution is -2.60. The van der Waals surface area contributed by atoms with Gasteiger partial charge in [0.15, 0.2) is 0 Å². The molecule has 0 radical (unpaired) electrons. The van der Waals surface area contributed by atoms with Crippen LogP contribution in [0, 0.1) is 12.8 Å². The van der Waals surface area contributed by atoms with E-state index in [0.717, 1.165) is 10.5 Å². The molecule has 0 saturated carbocycles. The van der Waals surface area contributed by atoms with E-state index in [-0.39, 0.29) is 11.3 Å². The van der Waals surface area contributed by atoms with Crippen LogP contribution in [0.25, 0.3) is 0 Å². The maximum atomic E-state index is 13.1. The molecule has 8 nitrogen and oxygen atoms in total. The molecule has 2 aliphatic heterocycles. The molecule has 4 amide bonds. The lowest BCUT2D eigenvalue weighted by atomic mass is 9.97. The minimum atomic E-state index is -1.49. The predicted octanol–water partition coefficient (Wildman–Crippen LogP) is 2.99. The zero-order chi connectivity index (χ0) is 22.3. The van der Waals surface area contributed by atoms with E-state index in [1.807, 2.05) is 19.1 Å². The molecule has 2 aromatic carbocycles. The second kappa shape index (κ2) is 7.98. The van der Waals surface area contributed by atoms with Crippen LogP contribution in [0.1, 0.15) is 12.5 Å². The molecule has 0 aromatic heterocycles. The number of urea groups is 1. The van der Waals surface area contributed by atoms with Gasteiger partial charge in [0.05, 0.1) is 22.7 Å². The Morgan fingerprint density at radius 3 is 2.55 bits per heavy atom. The SMILES string of the molecule is CC1=NN(c2ccccc2C)C(=O)/C1=C\C1C(=O)N(c2cccc(Cl)c2)C(=O)NC1O. The Kier molecular flexibility index (Phi) is 5.34. The van der Waals surface area contributed by atoms with Gasteiger partial charge in [-0.2, -0.15) is 10.1 Å². The number of carbonyl (C=O) groups excluding carboxylic acids is 3. The molecule has 2 heterocycles. The van der Waals surface area contributed by atoms with Crippen LogP contribution in [0.3, 0.4) is 0 Å². The highest BCUT2D eigenvalue weighted by Gasteiger charge is 2.42. The van der Waals surface area contributed by atoms with Crippen LogP contribution in [-0.4, -0.2) is 34.9 Å². The third-order valence-corrected chi connectivity index (χ3v) is 5.37. The first kappa shape index (κ1) is 20.8. The van der Waals surface area contributed by atoms with Crippen LogP contribution in [0.5, 0.6) is 0 Å². The number of amides is 4. The van der Waals surface area contributed by atoms with E-state index >= 15 is 0 Å². The van der Waals surface area contributed by atoms with Gasteiger partial charge in [-0.25, -0.2) is 9.69 Å². The Morgan fingerprint density at radius 2 is 1.84 bits per heavy atom.